The zero-order chi connectivity index (χ0) is 17.7. The van der Waals surface area contributed by atoms with Gasteiger partial charge >= 0.3 is 5.97 Å². The average molecular weight is 343 g/mol. The first-order chi connectivity index (χ1) is 11.8. The van der Waals surface area contributed by atoms with Gasteiger partial charge in [-0.2, -0.15) is 0 Å². The molecule has 0 aliphatic carbocycles. The molecule has 0 spiro atoms. The van der Waals surface area contributed by atoms with Gasteiger partial charge in [0.1, 0.15) is 0 Å². The molecule has 0 aliphatic heterocycles. The standard InChI is InChI=1S/C21H42O3/c1-2-3-4-5-6-7-8-9-10-11-12-13-14-17-20-24-21(23)18-15-16-19-22/h22H,2-20H2,1H3. The Morgan fingerprint density at radius 3 is 1.58 bits per heavy atom. The van der Waals surface area contributed by atoms with Gasteiger partial charge in [-0.3, -0.25) is 4.79 Å². The van der Waals surface area contributed by atoms with Gasteiger partial charge < -0.3 is 9.84 Å². The number of esters is 1. The molecule has 0 aromatic rings. The molecule has 0 rings (SSSR count). The highest BCUT2D eigenvalue weighted by atomic mass is 16.5. The van der Waals surface area contributed by atoms with E-state index in [0.717, 1.165) is 12.8 Å². The summed E-state index contributed by atoms with van der Waals surface area (Å²) in [6, 6.07) is 0. The molecule has 0 atom stereocenters. The zero-order valence-corrected chi connectivity index (χ0v) is 16.2. The summed E-state index contributed by atoms with van der Waals surface area (Å²) in [7, 11) is 0. The fourth-order valence-corrected chi connectivity index (χ4v) is 2.94. The topological polar surface area (TPSA) is 46.5 Å². The maximum atomic E-state index is 11.3. The smallest absolute Gasteiger partial charge is 0.305 e. The minimum Gasteiger partial charge on any atom is -0.466 e. The van der Waals surface area contributed by atoms with Crippen LogP contribution in [0.3, 0.4) is 0 Å². The predicted octanol–water partition coefficient (Wildman–Crippen LogP) is 6.17. The molecule has 3 nitrogen and oxygen atoms in total. The predicted molar refractivity (Wildman–Crippen MR) is 102 cm³/mol. The average Bonchev–Trinajstić information content (AvgIpc) is 2.58. The first-order valence-electron chi connectivity index (χ1n) is 10.6. The highest BCUT2D eigenvalue weighted by Crippen LogP contribution is 2.13. The summed E-state index contributed by atoms with van der Waals surface area (Å²) in [6.07, 6.45) is 20.6. The molecule has 0 radical (unpaired) electrons. The Kier molecular flexibility index (Phi) is 20.0. The molecular weight excluding hydrogens is 300 g/mol. The van der Waals surface area contributed by atoms with Gasteiger partial charge in [0.15, 0.2) is 0 Å². The summed E-state index contributed by atoms with van der Waals surface area (Å²) < 4.78 is 5.18. The van der Waals surface area contributed by atoms with Crippen molar-refractivity contribution in [2.24, 2.45) is 0 Å². The number of ether oxygens (including phenoxy) is 1. The number of aliphatic hydroxyl groups excluding tert-OH is 1. The lowest BCUT2D eigenvalue weighted by atomic mass is 10.0. The van der Waals surface area contributed by atoms with Gasteiger partial charge in [0.25, 0.3) is 0 Å². The Bertz CT molecular complexity index is 253. The van der Waals surface area contributed by atoms with E-state index < -0.39 is 0 Å². The lowest BCUT2D eigenvalue weighted by Gasteiger charge is -2.05. The molecule has 24 heavy (non-hydrogen) atoms. The number of carbonyl (C=O) groups excluding carboxylic acids is 1. The van der Waals surface area contributed by atoms with Crippen LogP contribution in [-0.4, -0.2) is 24.3 Å². The lowest BCUT2D eigenvalue weighted by Crippen LogP contribution is -2.05. The third kappa shape index (κ3) is 19.5. The maximum Gasteiger partial charge on any atom is 0.305 e. The van der Waals surface area contributed by atoms with Crippen molar-refractivity contribution in [2.45, 2.75) is 116 Å². The van der Waals surface area contributed by atoms with E-state index in [1.165, 1.54) is 83.5 Å². The largest absolute Gasteiger partial charge is 0.466 e. The number of hydrogen-bond donors (Lipinski definition) is 1. The van der Waals surface area contributed by atoms with Crippen molar-refractivity contribution < 1.29 is 14.6 Å². The first-order valence-corrected chi connectivity index (χ1v) is 10.6. The molecule has 0 heterocycles. The Morgan fingerprint density at radius 1 is 0.667 bits per heavy atom. The van der Waals surface area contributed by atoms with Gasteiger partial charge in [-0.25, -0.2) is 0 Å². The lowest BCUT2D eigenvalue weighted by molar-refractivity contribution is -0.143. The van der Waals surface area contributed by atoms with Crippen molar-refractivity contribution in [3.8, 4) is 0 Å². The molecule has 0 unspecified atom stereocenters. The Labute approximate surface area is 150 Å². The number of aliphatic hydroxyl groups is 1. The summed E-state index contributed by atoms with van der Waals surface area (Å²) >= 11 is 0. The van der Waals surface area contributed by atoms with Crippen LogP contribution < -0.4 is 0 Å². The SMILES string of the molecule is CCCCCCCCCCCCCCCCOC(=O)CCCCO. The molecule has 0 saturated carbocycles. The molecule has 0 aliphatic rings. The highest BCUT2D eigenvalue weighted by molar-refractivity contribution is 5.69. The zero-order valence-electron chi connectivity index (χ0n) is 16.2. The van der Waals surface area contributed by atoms with Crippen molar-refractivity contribution in [3.05, 3.63) is 0 Å². The second-order valence-corrected chi connectivity index (χ2v) is 7.00. The number of unbranched alkanes of at least 4 members (excludes halogenated alkanes) is 14. The fraction of sp³-hybridized carbons (Fsp3) is 0.952. The van der Waals surface area contributed by atoms with Crippen molar-refractivity contribution >= 4 is 5.97 Å². The monoisotopic (exact) mass is 342 g/mol. The van der Waals surface area contributed by atoms with E-state index in [4.69, 9.17) is 9.84 Å². The van der Waals surface area contributed by atoms with Crippen LogP contribution in [-0.2, 0) is 9.53 Å². The summed E-state index contributed by atoms with van der Waals surface area (Å²) in [5, 5.41) is 8.64. The van der Waals surface area contributed by atoms with Crippen LogP contribution in [0.15, 0.2) is 0 Å². The molecule has 0 bridgehead atoms. The van der Waals surface area contributed by atoms with Gasteiger partial charge in [0.05, 0.1) is 6.61 Å². The minimum atomic E-state index is -0.113. The third-order valence-corrected chi connectivity index (χ3v) is 4.55. The van der Waals surface area contributed by atoms with Crippen LogP contribution in [0.2, 0.25) is 0 Å². The Balaban J connectivity index is 3.06. The molecule has 0 aromatic carbocycles. The Morgan fingerprint density at radius 2 is 1.12 bits per heavy atom. The van der Waals surface area contributed by atoms with Crippen molar-refractivity contribution in [2.75, 3.05) is 13.2 Å². The van der Waals surface area contributed by atoms with Crippen LogP contribution in [0.1, 0.15) is 116 Å². The van der Waals surface area contributed by atoms with E-state index in [1.54, 1.807) is 0 Å². The quantitative estimate of drug-likeness (QED) is 0.225. The molecule has 3 heteroatoms. The minimum absolute atomic E-state index is 0.113. The van der Waals surface area contributed by atoms with Gasteiger partial charge in [0, 0.05) is 13.0 Å². The van der Waals surface area contributed by atoms with E-state index in [0.29, 0.717) is 19.4 Å². The van der Waals surface area contributed by atoms with E-state index in [-0.39, 0.29) is 12.6 Å². The van der Waals surface area contributed by atoms with Crippen molar-refractivity contribution in [3.63, 3.8) is 0 Å². The molecule has 0 fully saturated rings. The van der Waals surface area contributed by atoms with Crippen molar-refractivity contribution in [1.82, 2.24) is 0 Å². The van der Waals surface area contributed by atoms with E-state index in [2.05, 4.69) is 6.92 Å². The maximum absolute atomic E-state index is 11.3. The van der Waals surface area contributed by atoms with Gasteiger partial charge in [-0.1, -0.05) is 90.4 Å². The van der Waals surface area contributed by atoms with E-state index >= 15 is 0 Å². The molecular formula is C21H42O3. The Hall–Kier alpha value is -0.570. The summed E-state index contributed by atoms with van der Waals surface area (Å²) in [4.78, 5) is 11.3. The van der Waals surface area contributed by atoms with Gasteiger partial charge in [-0.15, -0.1) is 0 Å². The molecule has 0 amide bonds. The second-order valence-electron chi connectivity index (χ2n) is 7.00. The van der Waals surface area contributed by atoms with Crippen LogP contribution in [0.4, 0.5) is 0 Å². The second kappa shape index (κ2) is 20.5. The normalized spacial score (nSPS) is 10.9. The summed E-state index contributed by atoms with van der Waals surface area (Å²) in [5.41, 5.74) is 0. The van der Waals surface area contributed by atoms with E-state index in [1.807, 2.05) is 0 Å². The van der Waals surface area contributed by atoms with Crippen LogP contribution in [0.5, 0.6) is 0 Å². The van der Waals surface area contributed by atoms with Crippen LogP contribution in [0, 0.1) is 0 Å². The molecule has 144 valence electrons. The number of rotatable bonds is 19. The first kappa shape index (κ1) is 23.4. The number of hydrogen-bond acceptors (Lipinski definition) is 3. The molecule has 1 N–H and O–H groups in total. The highest BCUT2D eigenvalue weighted by Gasteiger charge is 2.01. The summed E-state index contributed by atoms with van der Waals surface area (Å²) in [5.74, 6) is -0.113. The third-order valence-electron chi connectivity index (χ3n) is 4.55. The van der Waals surface area contributed by atoms with Crippen LogP contribution in [0.25, 0.3) is 0 Å². The van der Waals surface area contributed by atoms with Crippen LogP contribution >= 0.6 is 0 Å². The fourth-order valence-electron chi connectivity index (χ4n) is 2.94. The summed E-state index contributed by atoms with van der Waals surface area (Å²) in [6.45, 7) is 3.00. The number of carbonyl (C=O) groups is 1. The van der Waals surface area contributed by atoms with Gasteiger partial charge in [0.2, 0.25) is 0 Å². The molecule has 0 aromatic heterocycles. The molecule has 0 saturated heterocycles. The van der Waals surface area contributed by atoms with Gasteiger partial charge in [-0.05, 0) is 19.3 Å². The van der Waals surface area contributed by atoms with E-state index in [9.17, 15) is 4.79 Å². The van der Waals surface area contributed by atoms with Crippen molar-refractivity contribution in [1.29, 1.82) is 0 Å².